The Bertz CT molecular complexity index is 1230. The van der Waals surface area contributed by atoms with Crippen LogP contribution in [0.1, 0.15) is 16.7 Å². The molecule has 6 nitrogen and oxygen atoms in total. The number of thioether (sulfide) groups is 1. The average molecular weight is 460 g/mol. The molecule has 0 radical (unpaired) electrons. The number of methoxy groups -OCH3 is 1. The summed E-state index contributed by atoms with van der Waals surface area (Å²) in [5.74, 6) is 1.27. The number of hydrogen-bond donors (Lipinski definition) is 1. The van der Waals surface area contributed by atoms with Crippen LogP contribution in [0.3, 0.4) is 0 Å². The first kappa shape index (κ1) is 21.4. The SMILES string of the molecule is COc1cccc(NC(=O)N2CCS[C@]23C(=O)N(Cc2cccc(C)c2)c2ccccc23)c1. The molecule has 2 aliphatic heterocycles. The summed E-state index contributed by atoms with van der Waals surface area (Å²) in [5.41, 5.74) is 4.56. The second kappa shape index (κ2) is 8.48. The van der Waals surface area contributed by atoms with E-state index in [2.05, 4.69) is 11.4 Å². The van der Waals surface area contributed by atoms with Crippen LogP contribution in [0.4, 0.5) is 16.2 Å². The van der Waals surface area contributed by atoms with Gasteiger partial charge in [-0.05, 0) is 30.7 Å². The third kappa shape index (κ3) is 3.62. The number of ether oxygens (including phenoxy) is 1. The Labute approximate surface area is 197 Å². The van der Waals surface area contributed by atoms with E-state index in [1.165, 1.54) is 11.8 Å². The lowest BCUT2D eigenvalue weighted by molar-refractivity contribution is -0.123. The van der Waals surface area contributed by atoms with E-state index in [4.69, 9.17) is 4.74 Å². The highest BCUT2D eigenvalue weighted by molar-refractivity contribution is 8.01. The standard InChI is InChI=1S/C26H25N3O3S/c1-18-7-5-8-19(15-18)17-28-23-12-4-3-11-22(23)26(24(28)30)29(13-14-33-26)25(31)27-20-9-6-10-21(16-20)32-2/h3-12,15-16H,13-14,17H2,1-2H3,(H,27,31)/t26-/m1/s1. The highest BCUT2D eigenvalue weighted by atomic mass is 32.2. The second-order valence-electron chi connectivity index (χ2n) is 8.20. The van der Waals surface area contributed by atoms with Crippen LogP contribution in [-0.4, -0.2) is 36.2 Å². The number of urea groups is 1. The van der Waals surface area contributed by atoms with Crippen LogP contribution in [0.15, 0.2) is 72.8 Å². The van der Waals surface area contributed by atoms with Gasteiger partial charge in [0, 0.05) is 29.6 Å². The van der Waals surface area contributed by atoms with Gasteiger partial charge in [0.1, 0.15) is 5.75 Å². The number of nitrogens with zero attached hydrogens (tertiary/aromatic N) is 2. The van der Waals surface area contributed by atoms with Crippen molar-refractivity contribution in [1.82, 2.24) is 4.90 Å². The van der Waals surface area contributed by atoms with Gasteiger partial charge in [0.2, 0.25) is 0 Å². The zero-order valence-electron chi connectivity index (χ0n) is 18.6. The van der Waals surface area contributed by atoms with Crippen molar-refractivity contribution in [3.8, 4) is 5.75 Å². The topological polar surface area (TPSA) is 61.9 Å². The molecule has 0 unspecified atom stereocenters. The van der Waals surface area contributed by atoms with E-state index in [-0.39, 0.29) is 11.9 Å². The predicted octanol–water partition coefficient (Wildman–Crippen LogP) is 4.98. The normalized spacial score (nSPS) is 19.2. The van der Waals surface area contributed by atoms with Crippen molar-refractivity contribution in [3.05, 3.63) is 89.5 Å². The fourth-order valence-electron chi connectivity index (χ4n) is 4.61. The number of fused-ring (bicyclic) bond motifs is 2. The third-order valence-electron chi connectivity index (χ3n) is 6.09. The number of carbonyl (C=O) groups excluding carboxylic acids is 2. The third-order valence-corrected chi connectivity index (χ3v) is 7.51. The Hall–Kier alpha value is -3.45. The average Bonchev–Trinajstić information content (AvgIpc) is 3.37. The molecular formula is C26H25N3O3S. The van der Waals surface area contributed by atoms with E-state index in [1.807, 2.05) is 72.5 Å². The lowest BCUT2D eigenvalue weighted by atomic mass is 10.1. The predicted molar refractivity (Wildman–Crippen MR) is 132 cm³/mol. The van der Waals surface area contributed by atoms with Crippen LogP contribution in [0.25, 0.3) is 0 Å². The van der Waals surface area contributed by atoms with Gasteiger partial charge < -0.3 is 15.0 Å². The minimum absolute atomic E-state index is 0.0755. The summed E-state index contributed by atoms with van der Waals surface area (Å²) < 4.78 is 5.27. The Morgan fingerprint density at radius 1 is 1.09 bits per heavy atom. The van der Waals surface area contributed by atoms with E-state index in [1.54, 1.807) is 18.1 Å². The van der Waals surface area contributed by atoms with Crippen molar-refractivity contribution >= 4 is 35.1 Å². The number of rotatable bonds is 4. The van der Waals surface area contributed by atoms with Gasteiger partial charge in [-0.1, -0.05) is 54.1 Å². The largest absolute Gasteiger partial charge is 0.497 e. The molecule has 168 valence electrons. The molecule has 0 aromatic heterocycles. The molecule has 2 heterocycles. The van der Waals surface area contributed by atoms with Crippen molar-refractivity contribution in [2.24, 2.45) is 0 Å². The zero-order chi connectivity index (χ0) is 23.0. The van der Waals surface area contributed by atoms with Gasteiger partial charge in [-0.3, -0.25) is 9.69 Å². The Kier molecular flexibility index (Phi) is 5.50. The summed E-state index contributed by atoms with van der Waals surface area (Å²) in [4.78, 5) is 29.9. The Balaban J connectivity index is 1.49. The maximum atomic E-state index is 14.0. The van der Waals surface area contributed by atoms with E-state index in [0.717, 1.165) is 22.4 Å². The molecule has 3 aromatic rings. The number of aryl methyl sites for hydroxylation is 1. The fourth-order valence-corrected chi connectivity index (χ4v) is 6.07. The van der Waals surface area contributed by atoms with Crippen LogP contribution in [-0.2, 0) is 16.2 Å². The molecule has 0 bridgehead atoms. The summed E-state index contributed by atoms with van der Waals surface area (Å²) >= 11 is 1.52. The fraction of sp³-hybridized carbons (Fsp3) is 0.231. The molecule has 1 atom stereocenters. The molecule has 2 aliphatic rings. The van der Waals surface area contributed by atoms with Crippen molar-refractivity contribution < 1.29 is 14.3 Å². The number of amides is 3. The molecular weight excluding hydrogens is 434 g/mol. The Morgan fingerprint density at radius 3 is 2.73 bits per heavy atom. The molecule has 3 aromatic carbocycles. The minimum atomic E-state index is -1.07. The molecule has 1 spiro atoms. The monoisotopic (exact) mass is 459 g/mol. The van der Waals surface area contributed by atoms with Gasteiger partial charge in [-0.2, -0.15) is 0 Å². The van der Waals surface area contributed by atoms with Gasteiger partial charge in [0.25, 0.3) is 5.91 Å². The summed E-state index contributed by atoms with van der Waals surface area (Å²) in [6.07, 6.45) is 0. The summed E-state index contributed by atoms with van der Waals surface area (Å²) in [7, 11) is 1.59. The number of anilines is 2. The summed E-state index contributed by atoms with van der Waals surface area (Å²) in [6.45, 7) is 2.99. The summed E-state index contributed by atoms with van der Waals surface area (Å²) in [6, 6.07) is 22.9. The first-order valence-corrected chi connectivity index (χ1v) is 11.8. The van der Waals surface area contributed by atoms with Gasteiger partial charge in [0.15, 0.2) is 4.87 Å². The quantitative estimate of drug-likeness (QED) is 0.598. The van der Waals surface area contributed by atoms with Crippen molar-refractivity contribution in [2.45, 2.75) is 18.3 Å². The van der Waals surface area contributed by atoms with E-state index in [9.17, 15) is 9.59 Å². The van der Waals surface area contributed by atoms with Crippen molar-refractivity contribution in [3.63, 3.8) is 0 Å². The van der Waals surface area contributed by atoms with Gasteiger partial charge >= 0.3 is 6.03 Å². The molecule has 1 saturated heterocycles. The van der Waals surface area contributed by atoms with Crippen molar-refractivity contribution in [2.75, 3.05) is 29.6 Å². The van der Waals surface area contributed by atoms with Crippen LogP contribution >= 0.6 is 11.8 Å². The van der Waals surface area contributed by atoms with Crippen LogP contribution in [0.5, 0.6) is 5.75 Å². The number of hydrogen-bond acceptors (Lipinski definition) is 4. The maximum absolute atomic E-state index is 14.0. The number of carbonyl (C=O) groups is 2. The maximum Gasteiger partial charge on any atom is 0.323 e. The smallest absolute Gasteiger partial charge is 0.323 e. The highest BCUT2D eigenvalue weighted by Gasteiger charge is 2.59. The van der Waals surface area contributed by atoms with Crippen LogP contribution in [0, 0.1) is 6.92 Å². The highest BCUT2D eigenvalue weighted by Crippen LogP contribution is 2.54. The first-order valence-electron chi connectivity index (χ1n) is 10.9. The zero-order valence-corrected chi connectivity index (χ0v) is 19.4. The van der Waals surface area contributed by atoms with E-state index >= 15 is 0 Å². The molecule has 5 rings (SSSR count). The molecule has 7 heteroatoms. The van der Waals surface area contributed by atoms with Gasteiger partial charge in [0.05, 0.1) is 19.3 Å². The number of nitrogens with one attached hydrogen (secondary N) is 1. The molecule has 0 aliphatic carbocycles. The summed E-state index contributed by atoms with van der Waals surface area (Å²) in [5, 5.41) is 2.96. The van der Waals surface area contributed by atoms with Crippen LogP contribution < -0.4 is 15.0 Å². The number of para-hydroxylation sites is 1. The molecule has 1 fully saturated rings. The van der Waals surface area contributed by atoms with Crippen molar-refractivity contribution in [1.29, 1.82) is 0 Å². The van der Waals surface area contributed by atoms with E-state index < -0.39 is 4.87 Å². The lowest BCUT2D eigenvalue weighted by Gasteiger charge is -2.33. The Morgan fingerprint density at radius 2 is 1.91 bits per heavy atom. The van der Waals surface area contributed by atoms with E-state index in [0.29, 0.717) is 30.3 Å². The molecule has 1 N–H and O–H groups in total. The second-order valence-corrected chi connectivity index (χ2v) is 9.49. The molecule has 0 saturated carbocycles. The van der Waals surface area contributed by atoms with Gasteiger partial charge in [-0.25, -0.2) is 4.79 Å². The number of benzene rings is 3. The first-order chi connectivity index (χ1) is 16.0. The molecule has 33 heavy (non-hydrogen) atoms. The lowest BCUT2D eigenvalue weighted by Crippen LogP contribution is -2.51. The van der Waals surface area contributed by atoms with Gasteiger partial charge in [-0.15, -0.1) is 11.8 Å². The minimum Gasteiger partial charge on any atom is -0.497 e. The van der Waals surface area contributed by atoms with Crippen LogP contribution in [0.2, 0.25) is 0 Å². The molecule has 3 amide bonds.